The van der Waals surface area contributed by atoms with E-state index in [1.807, 2.05) is 0 Å². The molecule has 8 heteroatoms. The predicted octanol–water partition coefficient (Wildman–Crippen LogP) is 5.52. The summed E-state index contributed by atoms with van der Waals surface area (Å²) in [7, 11) is -8.77. The monoisotopic (exact) mass is 408 g/mol. The van der Waals surface area contributed by atoms with Crippen molar-refractivity contribution in [1.29, 1.82) is 0 Å². The molecule has 0 heterocycles. The molecule has 0 aliphatic carbocycles. The van der Waals surface area contributed by atoms with Crippen LogP contribution in [0.1, 0.15) is 66.2 Å². The van der Waals surface area contributed by atoms with Crippen LogP contribution in [0.4, 0.5) is 0 Å². The van der Waals surface area contributed by atoms with E-state index < -0.39 is 21.1 Å². The largest absolute Gasteiger partial charge is 0.340 e. The first-order valence-electron chi connectivity index (χ1n) is 8.87. The van der Waals surface area contributed by atoms with Crippen molar-refractivity contribution < 1.29 is 28.3 Å². The van der Waals surface area contributed by atoms with Gasteiger partial charge in [0.15, 0.2) is 5.90 Å². The van der Waals surface area contributed by atoms with Gasteiger partial charge in [0, 0.05) is 0 Å². The zero-order chi connectivity index (χ0) is 20.2. The van der Waals surface area contributed by atoms with E-state index in [-0.39, 0.29) is 6.61 Å². The van der Waals surface area contributed by atoms with Gasteiger partial charge in [-0.15, -0.1) is 0 Å². The molecule has 6 nitrogen and oxygen atoms in total. The molecule has 0 rings (SSSR count). The predicted molar refractivity (Wildman–Crippen MR) is 107 cm³/mol. The third kappa shape index (κ3) is 17.0. The molecule has 3 N–H and O–H groups in total. The fraction of sp³-hybridized carbons (Fsp3) is 0.667. The van der Waals surface area contributed by atoms with Crippen LogP contribution in [-0.4, -0.2) is 27.2 Å². The van der Waals surface area contributed by atoms with Gasteiger partial charge in [-0.05, 0) is 66.2 Å². The minimum absolute atomic E-state index is 0.000924. The molecule has 26 heavy (non-hydrogen) atoms. The zero-order valence-electron chi connectivity index (χ0n) is 16.3. The lowest BCUT2D eigenvalue weighted by Crippen LogP contribution is -1.97. The second kappa shape index (κ2) is 12.8. The van der Waals surface area contributed by atoms with Crippen molar-refractivity contribution in [2.75, 3.05) is 12.5 Å². The van der Waals surface area contributed by atoms with Crippen molar-refractivity contribution in [2.45, 2.75) is 66.2 Å². The number of allylic oxidation sites excluding steroid dienone is 6. The lowest BCUT2D eigenvalue weighted by atomic mass is 10.1. The summed E-state index contributed by atoms with van der Waals surface area (Å²) in [4.78, 5) is 26.7. The molecule has 0 amide bonds. The fourth-order valence-electron chi connectivity index (χ4n) is 2.25. The van der Waals surface area contributed by atoms with Crippen LogP contribution < -0.4 is 0 Å². The van der Waals surface area contributed by atoms with Crippen molar-refractivity contribution in [3.05, 3.63) is 34.9 Å². The van der Waals surface area contributed by atoms with Gasteiger partial charge in [-0.2, -0.15) is 0 Å². The number of rotatable bonds is 13. The Morgan fingerprint density at radius 1 is 0.846 bits per heavy atom. The van der Waals surface area contributed by atoms with E-state index in [0.29, 0.717) is 12.8 Å². The second-order valence-electron chi connectivity index (χ2n) is 6.88. The summed E-state index contributed by atoms with van der Waals surface area (Å²) in [6.45, 7) is 8.42. The quantitative estimate of drug-likeness (QED) is 0.210. The highest BCUT2D eigenvalue weighted by atomic mass is 31.2. The molecule has 0 saturated heterocycles. The third-order valence-electron chi connectivity index (χ3n) is 3.62. The average Bonchev–Trinajstić information content (AvgIpc) is 2.43. The normalized spacial score (nSPS) is 15.7. The van der Waals surface area contributed by atoms with E-state index in [0.717, 1.165) is 25.7 Å². The Bertz CT molecular complexity index is 597. The molecule has 0 bridgehead atoms. The van der Waals surface area contributed by atoms with E-state index in [9.17, 15) is 14.0 Å². The summed E-state index contributed by atoms with van der Waals surface area (Å²) >= 11 is 0. The molecule has 0 spiro atoms. The minimum atomic E-state index is -4.55. The molecule has 152 valence electrons. The zero-order valence-corrected chi connectivity index (χ0v) is 18.1. The standard InChI is InChI=1S/C18H34O6P2/c1-16(2)9-7-11-18(4)13-8-12-17(3)10-5-6-14-24-26(22,23)15-25(19,20)21/h9-10,13H,5-8,11-12,14-15H2,1-4H3,(H,22,23)(H2,19,20,21). The first kappa shape index (κ1) is 25.5. The molecular weight excluding hydrogens is 374 g/mol. The van der Waals surface area contributed by atoms with Crippen molar-refractivity contribution >= 4 is 15.2 Å². The van der Waals surface area contributed by atoms with Gasteiger partial charge in [0.1, 0.15) is 0 Å². The molecule has 0 aliphatic rings. The van der Waals surface area contributed by atoms with Crippen LogP contribution in [-0.2, 0) is 13.7 Å². The van der Waals surface area contributed by atoms with Gasteiger partial charge in [0.05, 0.1) is 6.61 Å². The van der Waals surface area contributed by atoms with E-state index in [1.165, 1.54) is 16.7 Å². The van der Waals surface area contributed by atoms with Gasteiger partial charge >= 0.3 is 15.2 Å². The highest BCUT2D eigenvalue weighted by molar-refractivity contribution is 7.70. The van der Waals surface area contributed by atoms with Crippen molar-refractivity contribution in [1.82, 2.24) is 0 Å². The van der Waals surface area contributed by atoms with Crippen LogP contribution in [0.3, 0.4) is 0 Å². The molecule has 0 aromatic carbocycles. The van der Waals surface area contributed by atoms with Crippen LogP contribution in [0.25, 0.3) is 0 Å². The summed E-state index contributed by atoms with van der Waals surface area (Å²) in [5.41, 5.74) is 3.99. The highest BCUT2D eigenvalue weighted by Gasteiger charge is 2.30. The maximum absolute atomic E-state index is 11.5. The van der Waals surface area contributed by atoms with E-state index in [1.54, 1.807) is 0 Å². The molecule has 0 aromatic rings. The van der Waals surface area contributed by atoms with Crippen molar-refractivity contribution in [3.8, 4) is 0 Å². The molecule has 1 atom stereocenters. The summed E-state index contributed by atoms with van der Waals surface area (Å²) in [5, 5.41) is 0. The van der Waals surface area contributed by atoms with Gasteiger partial charge in [-0.1, -0.05) is 34.9 Å². The Morgan fingerprint density at radius 2 is 1.35 bits per heavy atom. The molecule has 0 radical (unpaired) electrons. The third-order valence-corrected chi connectivity index (χ3v) is 7.11. The molecule has 1 unspecified atom stereocenters. The Kier molecular flexibility index (Phi) is 12.6. The Morgan fingerprint density at radius 3 is 1.85 bits per heavy atom. The smallest absolute Gasteiger partial charge is 0.324 e. The highest BCUT2D eigenvalue weighted by Crippen LogP contribution is 2.55. The molecule has 0 aromatic heterocycles. The van der Waals surface area contributed by atoms with Gasteiger partial charge in [-0.25, -0.2) is 0 Å². The lowest BCUT2D eigenvalue weighted by Gasteiger charge is -2.12. The fourth-order valence-corrected chi connectivity index (χ4v) is 4.85. The van der Waals surface area contributed by atoms with E-state index >= 15 is 0 Å². The topological polar surface area (TPSA) is 104 Å². The maximum atomic E-state index is 11.5. The van der Waals surface area contributed by atoms with Gasteiger partial charge in [0.2, 0.25) is 0 Å². The van der Waals surface area contributed by atoms with Crippen LogP contribution in [0, 0.1) is 0 Å². The summed E-state index contributed by atoms with van der Waals surface area (Å²) in [5.74, 6) is -1.13. The van der Waals surface area contributed by atoms with Gasteiger partial charge < -0.3 is 19.2 Å². The molecular formula is C18H34O6P2. The van der Waals surface area contributed by atoms with Crippen LogP contribution in [0.15, 0.2) is 34.9 Å². The molecule has 0 aliphatic heterocycles. The van der Waals surface area contributed by atoms with Gasteiger partial charge in [-0.3, -0.25) is 9.13 Å². The first-order chi connectivity index (χ1) is 11.9. The summed E-state index contributed by atoms with van der Waals surface area (Å²) in [6, 6.07) is 0. The van der Waals surface area contributed by atoms with Crippen LogP contribution >= 0.6 is 15.2 Å². The maximum Gasteiger partial charge on any atom is 0.340 e. The van der Waals surface area contributed by atoms with Gasteiger partial charge in [0.25, 0.3) is 0 Å². The average molecular weight is 408 g/mol. The minimum Gasteiger partial charge on any atom is -0.324 e. The summed E-state index contributed by atoms with van der Waals surface area (Å²) < 4.78 is 26.9. The Balaban J connectivity index is 4.00. The summed E-state index contributed by atoms with van der Waals surface area (Å²) in [6.07, 6.45) is 11.9. The first-order valence-corrected chi connectivity index (χ1v) is 12.4. The Labute approximate surface area is 157 Å². The van der Waals surface area contributed by atoms with Crippen molar-refractivity contribution in [3.63, 3.8) is 0 Å². The van der Waals surface area contributed by atoms with E-state index in [4.69, 9.17) is 14.3 Å². The van der Waals surface area contributed by atoms with Crippen LogP contribution in [0.2, 0.25) is 0 Å². The van der Waals surface area contributed by atoms with E-state index in [2.05, 4.69) is 45.9 Å². The number of unbranched alkanes of at least 4 members (excludes halogenated alkanes) is 1. The second-order valence-corrected chi connectivity index (χ2v) is 10.9. The SMILES string of the molecule is CC(C)=CCCC(C)=CCCC(C)=CCCCOP(=O)(O)CP(=O)(O)O. The molecule has 0 fully saturated rings. The lowest BCUT2D eigenvalue weighted by molar-refractivity contribution is 0.257. The number of hydrogen-bond donors (Lipinski definition) is 3. The van der Waals surface area contributed by atoms with Crippen molar-refractivity contribution in [2.24, 2.45) is 0 Å². The van der Waals surface area contributed by atoms with Crippen LogP contribution in [0.5, 0.6) is 0 Å². The molecule has 0 saturated carbocycles. The number of hydrogen-bond acceptors (Lipinski definition) is 3. The Hall–Kier alpha value is -0.480.